The van der Waals surface area contributed by atoms with Crippen molar-refractivity contribution in [2.45, 2.75) is 59.7 Å². The Morgan fingerprint density at radius 2 is 1.72 bits per heavy atom. The molecule has 2 rings (SSSR count). The Balaban J connectivity index is 2.37. The second-order valence-electron chi connectivity index (χ2n) is 8.91. The molecule has 1 amide bonds. The van der Waals surface area contributed by atoms with Gasteiger partial charge in [0.05, 0.1) is 12.6 Å². The summed E-state index contributed by atoms with van der Waals surface area (Å²) in [4.78, 5) is 37.3. The number of nitrogens with one attached hydrogen (secondary N) is 1. The molecule has 0 aliphatic heterocycles. The summed E-state index contributed by atoms with van der Waals surface area (Å²) in [7, 11) is 1.28. The molecule has 29 heavy (non-hydrogen) atoms. The quantitative estimate of drug-likeness (QED) is 0.771. The van der Waals surface area contributed by atoms with Crippen molar-refractivity contribution in [3.05, 3.63) is 30.0 Å². The van der Waals surface area contributed by atoms with Gasteiger partial charge in [-0.3, -0.25) is 14.3 Å². The number of amides is 1. The number of ether oxygens (including phenoxy) is 2. The van der Waals surface area contributed by atoms with Gasteiger partial charge in [0.25, 0.3) is 5.91 Å². The Kier molecular flexibility index (Phi) is 6.35. The number of para-hydroxylation sites is 1. The smallest absolute Gasteiger partial charge is 0.328 e. The minimum absolute atomic E-state index is 0.127. The van der Waals surface area contributed by atoms with Crippen LogP contribution in [0.1, 0.15) is 52.0 Å². The Bertz CT molecular complexity index is 919. The van der Waals surface area contributed by atoms with Gasteiger partial charge in [0.15, 0.2) is 5.69 Å². The highest BCUT2D eigenvalue weighted by Crippen LogP contribution is 2.23. The van der Waals surface area contributed by atoms with E-state index in [4.69, 9.17) is 9.47 Å². The minimum atomic E-state index is -0.852. The Labute approximate surface area is 170 Å². The maximum absolute atomic E-state index is 13.0. The number of hydrogen-bond acceptors (Lipinski definition) is 6. The second-order valence-corrected chi connectivity index (χ2v) is 8.91. The van der Waals surface area contributed by atoms with E-state index in [9.17, 15) is 14.4 Å². The second kappa shape index (κ2) is 8.23. The first kappa shape index (κ1) is 22.4. The van der Waals surface area contributed by atoms with Crippen LogP contribution in [0, 0.1) is 5.41 Å². The molecular formula is C21H29N3O5. The first-order valence-electron chi connectivity index (χ1n) is 9.39. The maximum atomic E-state index is 13.0. The molecule has 0 aliphatic carbocycles. The summed E-state index contributed by atoms with van der Waals surface area (Å²) in [5, 5.41) is 7.62. The molecule has 1 N–H and O–H groups in total. The summed E-state index contributed by atoms with van der Waals surface area (Å²) >= 11 is 0. The zero-order valence-electron chi connectivity index (χ0n) is 18.0. The van der Waals surface area contributed by atoms with E-state index < -0.39 is 34.9 Å². The lowest BCUT2D eigenvalue weighted by atomic mass is 9.86. The van der Waals surface area contributed by atoms with Crippen LogP contribution >= 0.6 is 0 Å². The van der Waals surface area contributed by atoms with Crippen LogP contribution in [-0.4, -0.2) is 46.4 Å². The number of rotatable bonds is 5. The highest BCUT2D eigenvalue weighted by atomic mass is 16.6. The minimum Gasteiger partial charge on any atom is -0.467 e. The van der Waals surface area contributed by atoms with Crippen LogP contribution in [0.25, 0.3) is 10.9 Å². The molecular weight excluding hydrogens is 374 g/mol. The third-order valence-corrected chi connectivity index (χ3v) is 4.15. The van der Waals surface area contributed by atoms with Crippen molar-refractivity contribution in [3.8, 4) is 0 Å². The lowest BCUT2D eigenvalue weighted by molar-refractivity contribution is -0.155. The molecule has 0 spiro atoms. The molecule has 0 fully saturated rings. The molecule has 1 heterocycles. The van der Waals surface area contributed by atoms with E-state index in [1.165, 1.54) is 11.8 Å². The van der Waals surface area contributed by atoms with Gasteiger partial charge in [0.1, 0.15) is 18.2 Å². The number of esters is 2. The van der Waals surface area contributed by atoms with Crippen LogP contribution in [-0.2, 0) is 25.6 Å². The maximum Gasteiger partial charge on any atom is 0.328 e. The van der Waals surface area contributed by atoms with E-state index in [0.29, 0.717) is 10.9 Å². The molecule has 0 aliphatic rings. The average Bonchev–Trinajstić information content (AvgIpc) is 2.95. The zero-order valence-corrected chi connectivity index (χ0v) is 18.0. The van der Waals surface area contributed by atoms with E-state index in [1.54, 1.807) is 45.0 Å². The first-order valence-corrected chi connectivity index (χ1v) is 9.39. The van der Waals surface area contributed by atoms with E-state index in [1.807, 2.05) is 20.8 Å². The van der Waals surface area contributed by atoms with E-state index in [0.717, 1.165) is 0 Å². The SMILES string of the molecule is COC(=O)C(NC(=O)c1nn(CC(=O)OC(C)(C)C)c2ccccc12)C(C)(C)C. The van der Waals surface area contributed by atoms with Crippen molar-refractivity contribution < 1.29 is 23.9 Å². The van der Waals surface area contributed by atoms with Crippen LogP contribution in [0.3, 0.4) is 0 Å². The highest BCUT2D eigenvalue weighted by Gasteiger charge is 2.35. The summed E-state index contributed by atoms with van der Waals surface area (Å²) in [5.74, 6) is -1.52. The number of benzene rings is 1. The van der Waals surface area contributed by atoms with Crippen molar-refractivity contribution in [3.63, 3.8) is 0 Å². The van der Waals surface area contributed by atoms with Crippen molar-refractivity contribution in [1.29, 1.82) is 0 Å². The van der Waals surface area contributed by atoms with Gasteiger partial charge in [-0.2, -0.15) is 5.10 Å². The molecule has 1 unspecified atom stereocenters. The largest absolute Gasteiger partial charge is 0.467 e. The number of carbonyl (C=O) groups is 3. The summed E-state index contributed by atoms with van der Waals surface area (Å²) < 4.78 is 11.6. The van der Waals surface area contributed by atoms with Crippen molar-refractivity contribution in [2.24, 2.45) is 5.41 Å². The predicted molar refractivity (Wildman–Crippen MR) is 108 cm³/mol. The third kappa shape index (κ3) is 5.56. The van der Waals surface area contributed by atoms with Gasteiger partial charge in [-0.15, -0.1) is 0 Å². The number of aromatic nitrogens is 2. The summed E-state index contributed by atoms with van der Waals surface area (Å²) in [6.45, 7) is 10.7. The van der Waals surface area contributed by atoms with Crippen LogP contribution in [0.15, 0.2) is 24.3 Å². The zero-order chi connectivity index (χ0) is 22.0. The number of fused-ring (bicyclic) bond motifs is 1. The lowest BCUT2D eigenvalue weighted by Crippen LogP contribution is -2.49. The molecule has 0 radical (unpaired) electrons. The fourth-order valence-electron chi connectivity index (χ4n) is 2.86. The molecule has 8 heteroatoms. The monoisotopic (exact) mass is 403 g/mol. The number of nitrogens with zero attached hydrogens (tertiary/aromatic N) is 2. The molecule has 2 aromatic rings. The standard InChI is InChI=1S/C21H29N3O5/c1-20(2,3)17(19(27)28-7)22-18(26)16-13-10-8-9-11-14(13)24(23-16)12-15(25)29-21(4,5)6/h8-11,17H,12H2,1-7H3,(H,22,26). The number of methoxy groups -OCH3 is 1. The van der Waals surface area contributed by atoms with Crippen LogP contribution in [0.2, 0.25) is 0 Å². The fourth-order valence-corrected chi connectivity index (χ4v) is 2.86. The lowest BCUT2D eigenvalue weighted by Gasteiger charge is -2.28. The van der Waals surface area contributed by atoms with Crippen molar-refractivity contribution in [2.75, 3.05) is 7.11 Å². The van der Waals surface area contributed by atoms with E-state index in [-0.39, 0.29) is 12.2 Å². The van der Waals surface area contributed by atoms with Gasteiger partial charge in [0.2, 0.25) is 0 Å². The molecule has 1 atom stereocenters. The Morgan fingerprint density at radius 1 is 1.10 bits per heavy atom. The first-order chi connectivity index (χ1) is 13.3. The highest BCUT2D eigenvalue weighted by molar-refractivity contribution is 6.06. The van der Waals surface area contributed by atoms with Gasteiger partial charge in [-0.1, -0.05) is 39.0 Å². The normalized spacial score (nSPS) is 13.1. The van der Waals surface area contributed by atoms with E-state index >= 15 is 0 Å². The molecule has 8 nitrogen and oxygen atoms in total. The summed E-state index contributed by atoms with van der Waals surface area (Å²) in [5.41, 5.74) is -0.436. The van der Waals surface area contributed by atoms with Gasteiger partial charge < -0.3 is 14.8 Å². The predicted octanol–water partition coefficient (Wildman–Crippen LogP) is 2.70. The van der Waals surface area contributed by atoms with Crippen LogP contribution < -0.4 is 5.32 Å². The number of hydrogen-bond donors (Lipinski definition) is 1. The molecule has 1 aromatic heterocycles. The molecule has 1 aromatic carbocycles. The average molecular weight is 403 g/mol. The van der Waals surface area contributed by atoms with Gasteiger partial charge in [-0.25, -0.2) is 4.79 Å². The third-order valence-electron chi connectivity index (χ3n) is 4.15. The molecule has 0 bridgehead atoms. The van der Waals surface area contributed by atoms with E-state index in [2.05, 4.69) is 10.4 Å². The summed E-state index contributed by atoms with van der Waals surface area (Å²) in [6, 6.07) is 6.23. The van der Waals surface area contributed by atoms with Crippen molar-refractivity contribution >= 4 is 28.7 Å². The van der Waals surface area contributed by atoms with Gasteiger partial charge >= 0.3 is 11.9 Å². The topological polar surface area (TPSA) is 99.5 Å². The Morgan fingerprint density at radius 3 is 2.28 bits per heavy atom. The molecule has 0 saturated carbocycles. The fraction of sp³-hybridized carbons (Fsp3) is 0.524. The van der Waals surface area contributed by atoms with Crippen LogP contribution in [0.5, 0.6) is 0 Å². The van der Waals surface area contributed by atoms with Crippen LogP contribution in [0.4, 0.5) is 0 Å². The van der Waals surface area contributed by atoms with Crippen molar-refractivity contribution in [1.82, 2.24) is 15.1 Å². The molecule has 158 valence electrons. The molecule has 0 saturated heterocycles. The van der Waals surface area contributed by atoms with Gasteiger partial charge in [-0.05, 0) is 32.3 Å². The Hall–Kier alpha value is -2.90. The number of carbonyl (C=O) groups excluding carboxylic acids is 3. The van der Waals surface area contributed by atoms with Gasteiger partial charge in [0, 0.05) is 5.39 Å². The summed E-state index contributed by atoms with van der Waals surface area (Å²) in [6.07, 6.45) is 0.